The number of rotatable bonds is 5. The standard InChI is InChI=1S/C17H19N3O3S.Na/c1-10-8-18-15(11(2)16(10)23-4)9-24(21)17-19-13-6-5-12(22-3)7-14(13)20-17;/h5-8H,9H2,1-4H3,(H,19,20);/i3D3,4D3;. The van der Waals surface area contributed by atoms with Gasteiger partial charge in [0.15, 0.2) is 5.16 Å². The molecule has 3 aromatic rings. The number of benzene rings is 1. The Bertz CT molecular complexity index is 1120. The quantitative estimate of drug-likeness (QED) is 0.695. The largest absolute Gasteiger partial charge is 0.497 e. The van der Waals surface area contributed by atoms with Crippen LogP contribution in [0.3, 0.4) is 0 Å². The minimum Gasteiger partial charge on any atom is -0.497 e. The number of aromatic amines is 1. The Morgan fingerprint density at radius 1 is 1.28 bits per heavy atom. The van der Waals surface area contributed by atoms with E-state index in [0.717, 1.165) is 0 Å². The summed E-state index contributed by atoms with van der Waals surface area (Å²) < 4.78 is 66.2. The molecule has 8 heteroatoms. The summed E-state index contributed by atoms with van der Waals surface area (Å²) in [6.45, 7) is 3.34. The number of hydrogen-bond donors (Lipinski definition) is 1. The summed E-state index contributed by atoms with van der Waals surface area (Å²) >= 11 is 0. The molecule has 0 saturated heterocycles. The summed E-state index contributed by atoms with van der Waals surface area (Å²) in [6.07, 6.45) is 1.47. The number of imidazole rings is 1. The van der Waals surface area contributed by atoms with Gasteiger partial charge < -0.3 is 14.5 Å². The number of ether oxygens (including phenoxy) is 2. The van der Waals surface area contributed by atoms with Crippen LogP contribution in [0.5, 0.6) is 11.5 Å². The van der Waals surface area contributed by atoms with Gasteiger partial charge >= 0.3 is 0 Å². The predicted molar refractivity (Wildman–Crippen MR) is 98.8 cm³/mol. The van der Waals surface area contributed by atoms with Gasteiger partial charge in [0.25, 0.3) is 0 Å². The molecule has 1 radical (unpaired) electrons. The Balaban J connectivity index is 0.00000341. The summed E-state index contributed by atoms with van der Waals surface area (Å²) in [5.74, 6) is 0.307. The average Bonchev–Trinajstić information content (AvgIpc) is 3.02. The van der Waals surface area contributed by atoms with Crippen molar-refractivity contribution >= 4 is 51.4 Å². The molecule has 0 amide bonds. The molecule has 0 aliphatic rings. The monoisotopic (exact) mass is 374 g/mol. The Labute approximate surface area is 179 Å². The van der Waals surface area contributed by atoms with Crippen LogP contribution in [0.1, 0.15) is 25.0 Å². The van der Waals surface area contributed by atoms with Gasteiger partial charge in [-0.3, -0.25) is 9.19 Å². The normalized spacial score (nSPS) is 16.4. The number of methoxy groups -OCH3 is 2. The van der Waals surface area contributed by atoms with Crippen LogP contribution < -0.4 is 9.47 Å². The second kappa shape index (κ2) is 8.31. The molecule has 2 aromatic heterocycles. The van der Waals surface area contributed by atoms with Gasteiger partial charge in [-0.25, -0.2) is 4.98 Å². The van der Waals surface area contributed by atoms with E-state index in [-0.39, 0.29) is 52.0 Å². The van der Waals surface area contributed by atoms with Gasteiger partial charge in [0.1, 0.15) is 11.5 Å². The summed E-state index contributed by atoms with van der Waals surface area (Å²) in [7, 11) is -6.81. The van der Waals surface area contributed by atoms with Gasteiger partial charge in [0.2, 0.25) is 0 Å². The number of fused-ring (bicyclic) bond motifs is 1. The molecule has 6 nitrogen and oxygen atoms in total. The maximum Gasteiger partial charge on any atom is 0.197 e. The fourth-order valence-corrected chi connectivity index (χ4v) is 3.49. The minimum absolute atomic E-state index is 0. The topological polar surface area (TPSA) is 77.1 Å². The molecular weight excluding hydrogens is 349 g/mol. The van der Waals surface area contributed by atoms with E-state index >= 15 is 0 Å². The number of hydrogen-bond acceptors (Lipinski definition) is 5. The Kier molecular flexibility index (Phi) is 4.28. The van der Waals surface area contributed by atoms with Gasteiger partial charge in [0, 0.05) is 52.9 Å². The first-order chi connectivity index (χ1) is 13.8. The molecule has 127 valence electrons. The van der Waals surface area contributed by atoms with Crippen molar-refractivity contribution in [3.8, 4) is 11.5 Å². The predicted octanol–water partition coefficient (Wildman–Crippen LogP) is 2.52. The third-order valence-electron chi connectivity index (χ3n) is 3.68. The van der Waals surface area contributed by atoms with Crippen LogP contribution in [0.25, 0.3) is 11.0 Å². The molecule has 1 atom stereocenters. The number of nitrogens with one attached hydrogen (secondary N) is 1. The SMILES string of the molecule is [2H]C([2H])([2H])Oc1ccc2nc(S(=O)Cc3ncc(C)c(OC([2H])([2H])[2H])c3C)[nH]c2c1.[Na]. The number of aromatic nitrogens is 3. The van der Waals surface area contributed by atoms with Crippen LogP contribution in [0.15, 0.2) is 29.6 Å². The zero-order valence-corrected chi connectivity index (χ0v) is 16.9. The third kappa shape index (κ3) is 4.06. The van der Waals surface area contributed by atoms with Crippen LogP contribution in [-0.4, -0.2) is 62.8 Å². The van der Waals surface area contributed by atoms with E-state index in [4.69, 9.17) is 17.7 Å². The van der Waals surface area contributed by atoms with Crippen molar-refractivity contribution in [3.63, 3.8) is 0 Å². The van der Waals surface area contributed by atoms with E-state index in [1.165, 1.54) is 18.3 Å². The number of aryl methyl sites for hydroxylation is 1. The van der Waals surface area contributed by atoms with Crippen molar-refractivity contribution in [1.82, 2.24) is 15.0 Å². The third-order valence-corrected chi connectivity index (χ3v) is 4.84. The van der Waals surface area contributed by atoms with Gasteiger partial charge in [-0.05, 0) is 26.0 Å². The van der Waals surface area contributed by atoms with E-state index in [2.05, 4.69) is 15.0 Å². The molecule has 3 rings (SSSR count). The van der Waals surface area contributed by atoms with Gasteiger partial charge in [-0.2, -0.15) is 0 Å². The first-order valence-corrected chi connectivity index (χ1v) is 8.35. The number of H-pyrrole nitrogens is 1. The van der Waals surface area contributed by atoms with Gasteiger partial charge in [-0.1, -0.05) is 0 Å². The molecule has 25 heavy (non-hydrogen) atoms. The second-order valence-corrected chi connectivity index (χ2v) is 6.62. The van der Waals surface area contributed by atoms with Crippen LogP contribution in [0.4, 0.5) is 0 Å². The van der Waals surface area contributed by atoms with E-state index < -0.39 is 24.9 Å². The summed E-state index contributed by atoms with van der Waals surface area (Å²) in [5, 5.41) is 0.177. The Hall–Kier alpha value is -1.41. The fraction of sp³-hybridized carbons (Fsp3) is 0.294. The van der Waals surface area contributed by atoms with Crippen molar-refractivity contribution in [2.75, 3.05) is 14.1 Å². The van der Waals surface area contributed by atoms with Crippen molar-refractivity contribution in [3.05, 3.63) is 41.2 Å². The minimum atomic E-state index is -2.61. The van der Waals surface area contributed by atoms with E-state index in [9.17, 15) is 4.21 Å². The van der Waals surface area contributed by atoms with Crippen molar-refractivity contribution in [2.45, 2.75) is 24.8 Å². The average molecular weight is 374 g/mol. The summed E-state index contributed by atoms with van der Waals surface area (Å²) in [4.78, 5) is 11.4. The molecule has 2 heterocycles. The molecule has 0 spiro atoms. The summed E-state index contributed by atoms with van der Waals surface area (Å²) in [6, 6.07) is 4.49. The zero-order valence-electron chi connectivity index (χ0n) is 20.0. The van der Waals surface area contributed by atoms with Crippen LogP contribution >= 0.6 is 0 Å². The number of pyridine rings is 1. The maximum absolute atomic E-state index is 12.8. The molecule has 0 fully saturated rings. The van der Waals surface area contributed by atoms with Crippen molar-refractivity contribution < 1.29 is 21.9 Å². The molecule has 1 aromatic carbocycles. The number of nitrogens with zero attached hydrogens (tertiary/aromatic N) is 2. The molecule has 1 unspecified atom stereocenters. The Morgan fingerprint density at radius 3 is 2.84 bits per heavy atom. The van der Waals surface area contributed by atoms with Crippen LogP contribution in [0.2, 0.25) is 0 Å². The molecular formula is C17H19N3NaO3S. The van der Waals surface area contributed by atoms with Gasteiger partial charge in [-0.15, -0.1) is 0 Å². The second-order valence-electron chi connectivity index (χ2n) is 5.26. The first-order valence-electron chi connectivity index (χ1n) is 10.0. The molecule has 0 saturated carbocycles. The molecule has 0 bridgehead atoms. The first kappa shape index (κ1) is 12.9. The fourth-order valence-electron chi connectivity index (χ4n) is 2.39. The molecule has 0 aliphatic carbocycles. The zero-order chi connectivity index (χ0) is 22.3. The van der Waals surface area contributed by atoms with E-state index in [1.54, 1.807) is 19.9 Å². The maximum atomic E-state index is 12.8. The Morgan fingerprint density at radius 2 is 2.08 bits per heavy atom. The van der Waals surface area contributed by atoms with Crippen LogP contribution in [-0.2, 0) is 16.6 Å². The smallest absolute Gasteiger partial charge is 0.197 e. The van der Waals surface area contributed by atoms with E-state index in [1.807, 2.05) is 0 Å². The van der Waals surface area contributed by atoms with E-state index in [0.29, 0.717) is 27.9 Å². The van der Waals surface area contributed by atoms with Gasteiger partial charge in [0.05, 0.1) is 55.6 Å². The van der Waals surface area contributed by atoms with Crippen LogP contribution in [0, 0.1) is 13.8 Å². The summed E-state index contributed by atoms with van der Waals surface area (Å²) in [5.41, 5.74) is 2.44. The molecule has 1 N–H and O–H groups in total. The van der Waals surface area contributed by atoms with Crippen molar-refractivity contribution in [1.29, 1.82) is 0 Å². The van der Waals surface area contributed by atoms with Crippen molar-refractivity contribution in [2.24, 2.45) is 0 Å². The molecule has 0 aliphatic heterocycles.